The Kier molecular flexibility index (Phi) is 7.32. The quantitative estimate of drug-likeness (QED) is 0.177. The van der Waals surface area contributed by atoms with Gasteiger partial charge < -0.3 is 4.74 Å². The summed E-state index contributed by atoms with van der Waals surface area (Å²) < 4.78 is 6.65. The Bertz CT molecular complexity index is 2880. The maximum Gasteiger partial charge on any atom is 0.164 e. The van der Waals surface area contributed by atoms with Crippen LogP contribution in [0, 0.1) is 0 Å². The van der Waals surface area contributed by atoms with Crippen molar-refractivity contribution in [1.82, 2.24) is 19.9 Å². The first kappa shape index (κ1) is 32.0. The standard InChI is InChI=1S/C51H32N4O/c1-3-13-33(14-4-1)34-25-27-37(28-26-34)49-53-48(36-15-5-2-6-16-36)54-50(55-49)39-18-12-22-43-47(39)46-38(35-29-31-52-32-30-35)17-11-21-42(46)51(43)40-19-7-9-23-44(40)56-45-24-10-8-20-41(45)51/h1-32H. The number of nitrogens with zero attached hydrogens (tertiary/aromatic N) is 4. The van der Waals surface area contributed by atoms with Crippen molar-refractivity contribution in [3.8, 4) is 79.0 Å². The van der Waals surface area contributed by atoms with Gasteiger partial charge in [0.15, 0.2) is 17.5 Å². The van der Waals surface area contributed by atoms with Gasteiger partial charge in [0, 0.05) is 40.2 Å². The molecule has 2 aromatic heterocycles. The Balaban J connectivity index is 1.21. The molecule has 5 heteroatoms. The minimum atomic E-state index is -0.666. The van der Waals surface area contributed by atoms with Crippen molar-refractivity contribution in [3.63, 3.8) is 0 Å². The first-order valence-corrected chi connectivity index (χ1v) is 18.8. The van der Waals surface area contributed by atoms with Gasteiger partial charge in [-0.1, -0.05) is 158 Å². The summed E-state index contributed by atoms with van der Waals surface area (Å²) in [7, 11) is 0. The predicted molar refractivity (Wildman–Crippen MR) is 222 cm³/mol. The summed E-state index contributed by atoms with van der Waals surface area (Å²) in [4.78, 5) is 20.1. The van der Waals surface area contributed by atoms with Crippen molar-refractivity contribution in [3.05, 3.63) is 217 Å². The van der Waals surface area contributed by atoms with Gasteiger partial charge in [0.25, 0.3) is 0 Å². The summed E-state index contributed by atoms with van der Waals surface area (Å²) in [5.74, 6) is 3.53. The highest BCUT2D eigenvalue weighted by atomic mass is 16.5. The number of hydrogen-bond acceptors (Lipinski definition) is 5. The molecule has 0 saturated carbocycles. The molecule has 56 heavy (non-hydrogen) atoms. The van der Waals surface area contributed by atoms with Crippen molar-refractivity contribution < 1.29 is 4.74 Å². The van der Waals surface area contributed by atoms with Gasteiger partial charge in [-0.15, -0.1) is 0 Å². The summed E-state index contributed by atoms with van der Waals surface area (Å²) in [5.41, 5.74) is 13.4. The number of ether oxygens (including phenoxy) is 1. The van der Waals surface area contributed by atoms with E-state index in [0.717, 1.165) is 78.3 Å². The van der Waals surface area contributed by atoms with Gasteiger partial charge in [0.1, 0.15) is 11.5 Å². The summed E-state index contributed by atoms with van der Waals surface area (Å²) in [6, 6.07) is 63.4. The lowest BCUT2D eigenvalue weighted by Gasteiger charge is -2.39. The molecule has 0 N–H and O–H groups in total. The topological polar surface area (TPSA) is 60.8 Å². The van der Waals surface area contributed by atoms with Crippen LogP contribution in [0.5, 0.6) is 11.5 Å². The molecule has 7 aromatic carbocycles. The molecule has 0 saturated heterocycles. The van der Waals surface area contributed by atoms with E-state index in [0.29, 0.717) is 17.5 Å². The molecule has 1 spiro atoms. The number of para-hydroxylation sites is 2. The average Bonchev–Trinajstić information content (AvgIpc) is 3.58. The van der Waals surface area contributed by atoms with E-state index in [-0.39, 0.29) is 0 Å². The molecule has 1 aliphatic carbocycles. The first-order chi connectivity index (χ1) is 27.8. The second-order valence-corrected chi connectivity index (χ2v) is 14.2. The molecule has 5 nitrogen and oxygen atoms in total. The SMILES string of the molecule is c1ccc(-c2ccc(-c3nc(-c4ccccc4)nc(-c4cccc5c4-c4c(-c6ccncc6)cccc4C54c5ccccc5Oc5ccccc54)n3)cc2)cc1. The zero-order valence-electron chi connectivity index (χ0n) is 30.2. The maximum absolute atomic E-state index is 6.65. The lowest BCUT2D eigenvalue weighted by atomic mass is 9.66. The zero-order chi connectivity index (χ0) is 37.1. The van der Waals surface area contributed by atoms with E-state index in [4.69, 9.17) is 19.7 Å². The molecule has 3 heterocycles. The highest BCUT2D eigenvalue weighted by molar-refractivity contribution is 6.01. The van der Waals surface area contributed by atoms with Crippen LogP contribution in [0.1, 0.15) is 22.3 Å². The number of benzene rings is 7. The van der Waals surface area contributed by atoms with Crippen LogP contribution in [0.2, 0.25) is 0 Å². The summed E-state index contributed by atoms with van der Waals surface area (Å²) in [6.07, 6.45) is 3.72. The van der Waals surface area contributed by atoms with Gasteiger partial charge in [-0.25, -0.2) is 15.0 Å². The molecule has 0 bridgehead atoms. The first-order valence-electron chi connectivity index (χ1n) is 18.8. The van der Waals surface area contributed by atoms with Crippen LogP contribution in [0.15, 0.2) is 194 Å². The number of pyridine rings is 1. The highest BCUT2D eigenvalue weighted by Crippen LogP contribution is 2.64. The fourth-order valence-corrected chi connectivity index (χ4v) is 8.73. The van der Waals surface area contributed by atoms with Gasteiger partial charge in [0.2, 0.25) is 0 Å². The number of hydrogen-bond donors (Lipinski definition) is 0. The molecule has 0 amide bonds. The fourth-order valence-electron chi connectivity index (χ4n) is 8.73. The summed E-state index contributed by atoms with van der Waals surface area (Å²) in [5, 5.41) is 0. The van der Waals surface area contributed by atoms with Crippen molar-refractivity contribution in [2.24, 2.45) is 0 Å². The molecule has 262 valence electrons. The van der Waals surface area contributed by atoms with Crippen LogP contribution in [0.25, 0.3) is 67.5 Å². The van der Waals surface area contributed by atoms with E-state index < -0.39 is 5.41 Å². The van der Waals surface area contributed by atoms with E-state index in [9.17, 15) is 0 Å². The van der Waals surface area contributed by atoms with Crippen LogP contribution in [-0.2, 0) is 5.41 Å². The average molecular weight is 717 g/mol. The van der Waals surface area contributed by atoms with Crippen LogP contribution >= 0.6 is 0 Å². The lowest BCUT2D eigenvalue weighted by Crippen LogP contribution is -2.32. The largest absolute Gasteiger partial charge is 0.457 e. The number of rotatable bonds is 5. The molecule has 0 atom stereocenters. The lowest BCUT2D eigenvalue weighted by molar-refractivity contribution is 0.436. The van der Waals surface area contributed by atoms with Gasteiger partial charge in [-0.05, 0) is 68.8 Å². The van der Waals surface area contributed by atoms with Crippen molar-refractivity contribution in [2.45, 2.75) is 5.41 Å². The second-order valence-electron chi connectivity index (χ2n) is 14.2. The molecule has 0 fully saturated rings. The number of fused-ring (bicyclic) bond motifs is 9. The summed E-state index contributed by atoms with van der Waals surface area (Å²) >= 11 is 0. The van der Waals surface area contributed by atoms with Gasteiger partial charge in [0.05, 0.1) is 5.41 Å². The normalized spacial score (nSPS) is 12.9. The van der Waals surface area contributed by atoms with Crippen molar-refractivity contribution in [2.75, 3.05) is 0 Å². The van der Waals surface area contributed by atoms with E-state index >= 15 is 0 Å². The van der Waals surface area contributed by atoms with Crippen LogP contribution < -0.4 is 4.74 Å². The van der Waals surface area contributed by atoms with E-state index in [1.807, 2.05) is 48.8 Å². The van der Waals surface area contributed by atoms with Crippen LogP contribution in [0.4, 0.5) is 0 Å². The number of aromatic nitrogens is 4. The third-order valence-corrected chi connectivity index (χ3v) is 11.1. The molecule has 11 rings (SSSR count). The van der Waals surface area contributed by atoms with Gasteiger partial charge in [-0.2, -0.15) is 0 Å². The zero-order valence-corrected chi connectivity index (χ0v) is 30.2. The van der Waals surface area contributed by atoms with E-state index in [2.05, 4.69) is 151 Å². The smallest absolute Gasteiger partial charge is 0.164 e. The second kappa shape index (κ2) is 12.8. The predicted octanol–water partition coefficient (Wildman–Crippen LogP) is 12.1. The maximum atomic E-state index is 6.65. The molecule has 2 aliphatic rings. The van der Waals surface area contributed by atoms with Crippen LogP contribution in [0.3, 0.4) is 0 Å². The monoisotopic (exact) mass is 716 g/mol. The highest BCUT2D eigenvalue weighted by Gasteiger charge is 2.52. The molecular formula is C51H32N4O. The fraction of sp³-hybridized carbons (Fsp3) is 0.0196. The van der Waals surface area contributed by atoms with E-state index in [1.165, 1.54) is 5.56 Å². The molecule has 1 aliphatic heterocycles. The van der Waals surface area contributed by atoms with Crippen molar-refractivity contribution >= 4 is 0 Å². The van der Waals surface area contributed by atoms with Gasteiger partial charge in [-0.3, -0.25) is 4.98 Å². The van der Waals surface area contributed by atoms with E-state index in [1.54, 1.807) is 0 Å². The molecular weight excluding hydrogens is 685 g/mol. The summed E-state index contributed by atoms with van der Waals surface area (Å²) in [6.45, 7) is 0. The Morgan fingerprint density at radius 2 is 0.768 bits per heavy atom. The minimum absolute atomic E-state index is 0.610. The van der Waals surface area contributed by atoms with Gasteiger partial charge >= 0.3 is 0 Å². The third kappa shape index (κ3) is 4.88. The minimum Gasteiger partial charge on any atom is -0.457 e. The molecule has 0 radical (unpaired) electrons. The van der Waals surface area contributed by atoms with Crippen molar-refractivity contribution in [1.29, 1.82) is 0 Å². The third-order valence-electron chi connectivity index (χ3n) is 11.1. The Labute approximate surface area is 324 Å². The molecule has 9 aromatic rings. The Hall–Kier alpha value is -7.50. The van der Waals surface area contributed by atoms with Crippen LogP contribution in [-0.4, -0.2) is 19.9 Å². The Morgan fingerprint density at radius 3 is 1.39 bits per heavy atom. The Morgan fingerprint density at radius 1 is 0.321 bits per heavy atom. The molecule has 0 unspecified atom stereocenters.